The van der Waals surface area contributed by atoms with Gasteiger partial charge >= 0.3 is 5.25 Å². The summed E-state index contributed by atoms with van der Waals surface area (Å²) in [4.78, 5) is 25.0. The van der Waals surface area contributed by atoms with E-state index in [1.807, 2.05) is 0 Å². The number of Topliss-reactive ketones (excluding diaryl/α,β-unsaturated/α-hetero) is 2. The fraction of sp³-hybridized carbons (Fsp3) is 0.364. The van der Waals surface area contributed by atoms with Gasteiger partial charge in [-0.05, 0) is 62.4 Å². The maximum Gasteiger partial charge on any atom is 0.330 e. The second kappa shape index (κ2) is 9.03. The van der Waals surface area contributed by atoms with Crippen LogP contribution in [0.4, 0.5) is 13.2 Å². The smallest absolute Gasteiger partial charge is 0.330 e. The number of halogens is 3. The normalized spacial score (nSPS) is 12.0. The predicted molar refractivity (Wildman–Crippen MR) is 108 cm³/mol. The van der Waals surface area contributed by atoms with E-state index in [4.69, 9.17) is 4.74 Å². The van der Waals surface area contributed by atoms with Gasteiger partial charge in [0.1, 0.15) is 5.75 Å². The summed E-state index contributed by atoms with van der Waals surface area (Å²) in [6.07, 6.45) is -0.0145. The van der Waals surface area contributed by atoms with Gasteiger partial charge in [0.2, 0.25) is 0 Å². The van der Waals surface area contributed by atoms with Gasteiger partial charge in [-0.15, -0.1) is 0 Å². The van der Waals surface area contributed by atoms with Crippen LogP contribution in [0.5, 0.6) is 5.75 Å². The van der Waals surface area contributed by atoms with Gasteiger partial charge in [0.05, 0.1) is 12.7 Å². The summed E-state index contributed by atoms with van der Waals surface area (Å²) in [6, 6.07) is 11.1. The van der Waals surface area contributed by atoms with Crippen LogP contribution in [0.1, 0.15) is 53.0 Å². The van der Waals surface area contributed by atoms with Crippen LogP contribution in [-0.4, -0.2) is 29.6 Å². The van der Waals surface area contributed by atoms with Crippen molar-refractivity contribution in [3.05, 3.63) is 59.2 Å². The molecule has 3 nitrogen and oxygen atoms in total. The Morgan fingerprint density at radius 1 is 1.00 bits per heavy atom. The van der Waals surface area contributed by atoms with Crippen molar-refractivity contribution in [1.29, 1.82) is 0 Å². The summed E-state index contributed by atoms with van der Waals surface area (Å²) < 4.78 is 46.8. The van der Waals surface area contributed by atoms with Crippen molar-refractivity contribution in [2.24, 2.45) is 0 Å². The molecule has 0 spiro atoms. The third-order valence-electron chi connectivity index (χ3n) is 4.41. The van der Waals surface area contributed by atoms with E-state index in [1.165, 1.54) is 25.3 Å². The molecule has 0 radical (unpaired) electrons. The number of aryl methyl sites for hydroxylation is 1. The number of methoxy groups -OCH3 is 1. The Morgan fingerprint density at radius 3 is 2.21 bits per heavy atom. The molecule has 0 fully saturated rings. The Balaban J connectivity index is 2.07. The maximum absolute atomic E-state index is 14.0. The zero-order chi connectivity index (χ0) is 21.8. The van der Waals surface area contributed by atoms with Crippen LogP contribution in [0.2, 0.25) is 0 Å². The lowest BCUT2D eigenvalue weighted by Crippen LogP contribution is -2.35. The number of para-hydroxylation sites is 1. The minimum atomic E-state index is -3.61. The number of benzene rings is 2. The van der Waals surface area contributed by atoms with Crippen LogP contribution in [0.3, 0.4) is 0 Å². The topological polar surface area (TPSA) is 43.4 Å². The molecule has 0 aromatic heterocycles. The summed E-state index contributed by atoms with van der Waals surface area (Å²) in [6.45, 7) is 3.23. The molecule has 0 bridgehead atoms. The summed E-state index contributed by atoms with van der Waals surface area (Å²) in [5, 5.41) is -3.61. The summed E-state index contributed by atoms with van der Waals surface area (Å²) >= 11 is 0.132. The molecule has 0 aliphatic rings. The van der Waals surface area contributed by atoms with Crippen molar-refractivity contribution >= 4 is 23.3 Å². The van der Waals surface area contributed by atoms with E-state index in [2.05, 4.69) is 0 Å². The second-order valence-electron chi connectivity index (χ2n) is 7.12. The Morgan fingerprint density at radius 2 is 1.62 bits per heavy atom. The van der Waals surface area contributed by atoms with E-state index in [9.17, 15) is 22.8 Å². The first-order chi connectivity index (χ1) is 13.5. The van der Waals surface area contributed by atoms with Crippen molar-refractivity contribution in [3.63, 3.8) is 0 Å². The minimum absolute atomic E-state index is 0.00284. The fourth-order valence-corrected chi connectivity index (χ4v) is 3.45. The first-order valence-electron chi connectivity index (χ1n) is 9.02. The second-order valence-corrected chi connectivity index (χ2v) is 8.27. The molecule has 2 aromatic carbocycles. The van der Waals surface area contributed by atoms with Gasteiger partial charge in [0.25, 0.3) is 0 Å². The third kappa shape index (κ3) is 5.63. The standard InChI is InChI=1S/C22H23F3O3S/c1-14-13-15(9-12-20(14)29-22(24,25)21(2,3)23)17(26)10-11-18(27)16-7-5-6-8-19(16)28-4/h5-9,12-13H,10-11H2,1-4H3. The molecule has 0 atom stereocenters. The number of ketones is 2. The highest BCUT2D eigenvalue weighted by atomic mass is 32.2. The number of hydrogen-bond donors (Lipinski definition) is 0. The molecule has 0 heterocycles. The highest BCUT2D eigenvalue weighted by Gasteiger charge is 2.48. The number of alkyl halides is 3. The number of hydrogen-bond acceptors (Lipinski definition) is 4. The van der Waals surface area contributed by atoms with E-state index in [1.54, 1.807) is 31.2 Å². The van der Waals surface area contributed by atoms with E-state index in [0.29, 0.717) is 22.4 Å². The molecule has 0 aliphatic carbocycles. The van der Waals surface area contributed by atoms with Gasteiger partial charge in [-0.3, -0.25) is 9.59 Å². The number of thioether (sulfide) groups is 1. The van der Waals surface area contributed by atoms with Gasteiger partial charge in [-0.25, -0.2) is 4.39 Å². The van der Waals surface area contributed by atoms with Gasteiger partial charge in [0, 0.05) is 23.3 Å². The molecule has 2 aromatic rings. The Kier molecular flexibility index (Phi) is 7.16. The van der Waals surface area contributed by atoms with Crippen molar-refractivity contribution < 1.29 is 27.5 Å². The molecular weight excluding hydrogens is 401 g/mol. The highest BCUT2D eigenvalue weighted by molar-refractivity contribution is 8.00. The molecule has 0 aliphatic heterocycles. The molecule has 7 heteroatoms. The van der Waals surface area contributed by atoms with Crippen molar-refractivity contribution in [1.82, 2.24) is 0 Å². The van der Waals surface area contributed by atoms with Gasteiger partial charge in [-0.2, -0.15) is 8.78 Å². The van der Waals surface area contributed by atoms with E-state index in [0.717, 1.165) is 13.8 Å². The molecule has 0 saturated heterocycles. The van der Waals surface area contributed by atoms with Crippen molar-refractivity contribution in [2.75, 3.05) is 7.11 Å². The fourth-order valence-electron chi connectivity index (χ4n) is 2.58. The molecule has 29 heavy (non-hydrogen) atoms. The summed E-state index contributed by atoms with van der Waals surface area (Å²) in [7, 11) is 1.47. The lowest BCUT2D eigenvalue weighted by Gasteiger charge is -2.26. The Labute approximate surface area is 172 Å². The molecule has 156 valence electrons. The molecular formula is C22H23F3O3S. The van der Waals surface area contributed by atoms with Crippen LogP contribution >= 0.6 is 11.8 Å². The van der Waals surface area contributed by atoms with Crippen LogP contribution < -0.4 is 4.74 Å². The van der Waals surface area contributed by atoms with Crippen LogP contribution in [0, 0.1) is 6.92 Å². The molecule has 2 rings (SSSR count). The SMILES string of the molecule is COc1ccccc1C(=O)CCC(=O)c1ccc(SC(F)(F)C(C)(C)F)c(C)c1. The van der Waals surface area contributed by atoms with Gasteiger partial charge < -0.3 is 4.74 Å². The molecule has 0 amide bonds. The highest BCUT2D eigenvalue weighted by Crippen LogP contribution is 2.46. The predicted octanol–water partition coefficient (Wildman–Crippen LogP) is 6.28. The van der Waals surface area contributed by atoms with Crippen LogP contribution in [-0.2, 0) is 0 Å². The lowest BCUT2D eigenvalue weighted by molar-refractivity contribution is -0.0410. The minimum Gasteiger partial charge on any atom is -0.496 e. The van der Waals surface area contributed by atoms with Crippen LogP contribution in [0.25, 0.3) is 0 Å². The molecule has 0 N–H and O–H groups in total. The Bertz CT molecular complexity index is 904. The lowest BCUT2D eigenvalue weighted by atomic mass is 10.00. The van der Waals surface area contributed by atoms with Crippen molar-refractivity contribution in [3.8, 4) is 5.75 Å². The number of carbonyl (C=O) groups excluding carboxylic acids is 2. The third-order valence-corrected chi connectivity index (χ3v) is 5.83. The Hall–Kier alpha value is -2.28. The quantitative estimate of drug-likeness (QED) is 0.351. The average Bonchev–Trinajstić information content (AvgIpc) is 2.66. The first-order valence-corrected chi connectivity index (χ1v) is 9.83. The summed E-state index contributed by atoms with van der Waals surface area (Å²) in [5.74, 6) is -0.0473. The maximum atomic E-state index is 14.0. The summed E-state index contributed by atoms with van der Waals surface area (Å²) in [5.41, 5.74) is -1.51. The monoisotopic (exact) mass is 424 g/mol. The molecule has 0 unspecified atom stereocenters. The van der Waals surface area contributed by atoms with Gasteiger partial charge in [-0.1, -0.05) is 18.2 Å². The zero-order valence-corrected chi connectivity index (χ0v) is 17.5. The van der Waals surface area contributed by atoms with Gasteiger partial charge in [0.15, 0.2) is 17.2 Å². The zero-order valence-electron chi connectivity index (χ0n) is 16.7. The largest absolute Gasteiger partial charge is 0.496 e. The van der Waals surface area contributed by atoms with Crippen molar-refractivity contribution in [2.45, 2.75) is 49.4 Å². The van der Waals surface area contributed by atoms with E-state index < -0.39 is 10.9 Å². The van der Waals surface area contributed by atoms with E-state index >= 15 is 0 Å². The number of carbonyl (C=O) groups is 2. The number of rotatable bonds is 9. The van der Waals surface area contributed by atoms with Crippen LogP contribution in [0.15, 0.2) is 47.4 Å². The van der Waals surface area contributed by atoms with E-state index in [-0.39, 0.29) is 41.1 Å². The molecule has 0 saturated carbocycles. The number of ether oxygens (including phenoxy) is 1. The average molecular weight is 424 g/mol. The first kappa shape index (κ1) is 23.0.